The Morgan fingerprint density at radius 2 is 1.77 bits per heavy atom. The van der Waals surface area contributed by atoms with Crippen LogP contribution >= 0.6 is 0 Å². The number of methoxy groups -OCH3 is 2. The van der Waals surface area contributed by atoms with Crippen molar-refractivity contribution >= 4 is 6.08 Å². The minimum atomic E-state index is -0.150. The molecule has 2 aliphatic rings. The maximum absolute atomic E-state index is 6.32. The standard InChI is InChI=1S/C21H22O5/c1-5-6-13-7-15-12(2)19(26-20(15)16(8-13)22-3)14-9-17(23-4)21-18(10-14)24-11-25-21/h5-10,12,19H,11H2,1-4H3/b6-5+. The predicted octanol–water partition coefficient (Wildman–Crippen LogP) is 4.70. The van der Waals surface area contributed by atoms with E-state index in [4.69, 9.17) is 23.7 Å². The van der Waals surface area contributed by atoms with E-state index < -0.39 is 0 Å². The average Bonchev–Trinajstić information content (AvgIpc) is 3.25. The van der Waals surface area contributed by atoms with Gasteiger partial charge in [0.1, 0.15) is 6.10 Å². The highest BCUT2D eigenvalue weighted by molar-refractivity contribution is 5.63. The van der Waals surface area contributed by atoms with Crippen LogP contribution in [-0.4, -0.2) is 21.0 Å². The van der Waals surface area contributed by atoms with E-state index in [1.165, 1.54) is 0 Å². The third-order valence-corrected chi connectivity index (χ3v) is 4.88. The van der Waals surface area contributed by atoms with Crippen molar-refractivity contribution < 1.29 is 23.7 Å². The minimum absolute atomic E-state index is 0.150. The van der Waals surface area contributed by atoms with Gasteiger partial charge in [-0.15, -0.1) is 0 Å². The first-order chi connectivity index (χ1) is 12.7. The highest BCUT2D eigenvalue weighted by Crippen LogP contribution is 2.53. The van der Waals surface area contributed by atoms with Crippen molar-refractivity contribution in [1.82, 2.24) is 0 Å². The first-order valence-corrected chi connectivity index (χ1v) is 8.65. The first-order valence-electron chi connectivity index (χ1n) is 8.65. The lowest BCUT2D eigenvalue weighted by molar-refractivity contribution is 0.171. The molecule has 5 heteroatoms. The van der Waals surface area contributed by atoms with Crippen molar-refractivity contribution in [2.24, 2.45) is 0 Å². The fraction of sp³-hybridized carbons (Fsp3) is 0.333. The molecule has 0 saturated heterocycles. The van der Waals surface area contributed by atoms with Gasteiger partial charge in [0.15, 0.2) is 23.0 Å². The van der Waals surface area contributed by atoms with E-state index in [1.807, 2.05) is 31.2 Å². The average molecular weight is 354 g/mol. The Kier molecular flexibility index (Phi) is 4.15. The normalized spacial score (nSPS) is 20.2. The molecule has 0 aliphatic carbocycles. The summed E-state index contributed by atoms with van der Waals surface area (Å²) in [5.74, 6) is 3.70. The Hall–Kier alpha value is -2.82. The number of hydrogen-bond acceptors (Lipinski definition) is 5. The number of benzene rings is 2. The quantitative estimate of drug-likeness (QED) is 0.796. The molecular formula is C21H22O5. The number of rotatable bonds is 4. The van der Waals surface area contributed by atoms with Gasteiger partial charge in [0.2, 0.25) is 12.5 Å². The van der Waals surface area contributed by atoms with Crippen LogP contribution in [0.2, 0.25) is 0 Å². The van der Waals surface area contributed by atoms with E-state index in [9.17, 15) is 0 Å². The zero-order valence-corrected chi connectivity index (χ0v) is 15.4. The van der Waals surface area contributed by atoms with Gasteiger partial charge in [0.05, 0.1) is 14.2 Å². The van der Waals surface area contributed by atoms with Gasteiger partial charge in [-0.2, -0.15) is 0 Å². The second-order valence-corrected chi connectivity index (χ2v) is 6.43. The molecule has 0 bridgehead atoms. The second-order valence-electron chi connectivity index (χ2n) is 6.43. The summed E-state index contributed by atoms with van der Waals surface area (Å²) in [5, 5.41) is 0. The largest absolute Gasteiger partial charge is 0.493 e. The highest BCUT2D eigenvalue weighted by atomic mass is 16.7. The zero-order chi connectivity index (χ0) is 18.3. The molecule has 2 heterocycles. The fourth-order valence-corrected chi connectivity index (χ4v) is 3.61. The molecule has 0 fully saturated rings. The molecule has 4 rings (SSSR count). The Morgan fingerprint density at radius 3 is 2.50 bits per heavy atom. The molecule has 0 spiro atoms. The van der Waals surface area contributed by atoms with Crippen LogP contribution in [0.3, 0.4) is 0 Å². The Morgan fingerprint density at radius 1 is 1.00 bits per heavy atom. The van der Waals surface area contributed by atoms with E-state index in [2.05, 4.69) is 19.1 Å². The summed E-state index contributed by atoms with van der Waals surface area (Å²) in [6, 6.07) is 8.08. The van der Waals surface area contributed by atoms with Crippen LogP contribution in [0.25, 0.3) is 6.08 Å². The summed E-state index contributed by atoms with van der Waals surface area (Å²) in [6.45, 7) is 4.37. The van der Waals surface area contributed by atoms with Crippen molar-refractivity contribution in [3.63, 3.8) is 0 Å². The topological polar surface area (TPSA) is 46.2 Å². The molecule has 5 nitrogen and oxygen atoms in total. The summed E-state index contributed by atoms with van der Waals surface area (Å²) >= 11 is 0. The van der Waals surface area contributed by atoms with E-state index in [1.54, 1.807) is 14.2 Å². The molecule has 136 valence electrons. The molecule has 26 heavy (non-hydrogen) atoms. The number of hydrogen-bond donors (Lipinski definition) is 0. The van der Waals surface area contributed by atoms with Gasteiger partial charge >= 0.3 is 0 Å². The molecule has 0 aromatic heterocycles. The molecule has 0 saturated carbocycles. The van der Waals surface area contributed by atoms with E-state index in [0.717, 1.165) is 28.2 Å². The van der Waals surface area contributed by atoms with E-state index in [-0.39, 0.29) is 18.8 Å². The van der Waals surface area contributed by atoms with Gasteiger partial charge in [-0.25, -0.2) is 0 Å². The Balaban J connectivity index is 1.76. The molecule has 2 aliphatic heterocycles. The first kappa shape index (κ1) is 16.6. The maximum atomic E-state index is 6.32. The Bertz CT molecular complexity index is 871. The summed E-state index contributed by atoms with van der Waals surface area (Å²) < 4.78 is 28.4. The monoisotopic (exact) mass is 354 g/mol. The second kappa shape index (κ2) is 6.48. The van der Waals surface area contributed by atoms with Gasteiger partial charge in [0, 0.05) is 17.0 Å². The maximum Gasteiger partial charge on any atom is 0.231 e. The van der Waals surface area contributed by atoms with Gasteiger partial charge in [-0.3, -0.25) is 0 Å². The molecule has 2 aromatic rings. The lowest BCUT2D eigenvalue weighted by Gasteiger charge is -2.17. The molecular weight excluding hydrogens is 332 g/mol. The van der Waals surface area contributed by atoms with E-state index >= 15 is 0 Å². The highest BCUT2D eigenvalue weighted by Gasteiger charge is 2.36. The molecule has 0 N–H and O–H groups in total. The van der Waals surface area contributed by atoms with Crippen molar-refractivity contribution in [3.8, 4) is 28.7 Å². The SMILES string of the molecule is C/C=C/c1cc(OC)c2c(c1)C(C)C(c1cc(OC)c3c(c1)OCO3)O2. The molecule has 0 amide bonds. The number of allylic oxidation sites excluding steroid dienone is 1. The predicted molar refractivity (Wildman–Crippen MR) is 98.6 cm³/mol. The Labute approximate surface area is 153 Å². The van der Waals surface area contributed by atoms with Crippen molar-refractivity contribution in [2.75, 3.05) is 21.0 Å². The van der Waals surface area contributed by atoms with Gasteiger partial charge in [0.25, 0.3) is 0 Å². The third-order valence-electron chi connectivity index (χ3n) is 4.88. The van der Waals surface area contributed by atoms with Crippen molar-refractivity contribution in [3.05, 3.63) is 47.0 Å². The summed E-state index contributed by atoms with van der Waals surface area (Å²) in [4.78, 5) is 0. The minimum Gasteiger partial charge on any atom is -0.493 e. The smallest absolute Gasteiger partial charge is 0.231 e. The van der Waals surface area contributed by atoms with Crippen LogP contribution in [0.4, 0.5) is 0 Å². The van der Waals surface area contributed by atoms with Crippen LogP contribution < -0.4 is 23.7 Å². The lowest BCUT2D eigenvalue weighted by Crippen LogP contribution is -2.07. The third kappa shape index (κ3) is 2.55. The van der Waals surface area contributed by atoms with Gasteiger partial charge in [-0.05, 0) is 36.8 Å². The molecule has 2 aromatic carbocycles. The summed E-state index contributed by atoms with van der Waals surface area (Å²) in [5.41, 5.74) is 3.23. The molecule has 2 unspecified atom stereocenters. The fourth-order valence-electron chi connectivity index (χ4n) is 3.61. The summed E-state index contributed by atoms with van der Waals surface area (Å²) in [7, 11) is 3.29. The van der Waals surface area contributed by atoms with E-state index in [0.29, 0.717) is 17.2 Å². The number of fused-ring (bicyclic) bond motifs is 2. The molecule has 2 atom stereocenters. The zero-order valence-electron chi connectivity index (χ0n) is 15.4. The van der Waals surface area contributed by atoms with Gasteiger partial charge in [-0.1, -0.05) is 19.1 Å². The summed E-state index contributed by atoms with van der Waals surface area (Å²) in [6.07, 6.45) is 3.93. The van der Waals surface area contributed by atoms with Crippen LogP contribution in [0.5, 0.6) is 28.7 Å². The van der Waals surface area contributed by atoms with Crippen LogP contribution in [0.1, 0.15) is 42.6 Å². The van der Waals surface area contributed by atoms with Gasteiger partial charge < -0.3 is 23.7 Å². The van der Waals surface area contributed by atoms with Crippen LogP contribution in [0, 0.1) is 0 Å². The van der Waals surface area contributed by atoms with Crippen LogP contribution in [0.15, 0.2) is 30.3 Å². The molecule has 0 radical (unpaired) electrons. The number of ether oxygens (including phenoxy) is 5. The van der Waals surface area contributed by atoms with Crippen molar-refractivity contribution in [2.45, 2.75) is 25.9 Å². The lowest BCUT2D eigenvalue weighted by atomic mass is 9.91. The van der Waals surface area contributed by atoms with Crippen molar-refractivity contribution in [1.29, 1.82) is 0 Å². The van der Waals surface area contributed by atoms with Crippen LogP contribution in [-0.2, 0) is 0 Å².